The third-order valence-corrected chi connectivity index (χ3v) is 4.24. The van der Waals surface area contributed by atoms with Crippen molar-refractivity contribution in [3.05, 3.63) is 65.2 Å². The van der Waals surface area contributed by atoms with Crippen LogP contribution < -0.4 is 15.4 Å². The molecular formula is C19H20N2O3. The standard InChI is InChI=1S/C19H20N2O3/c1-24-17-9-5-2-6-13(17)10-18(22)20-11-14-12-21-19(23)16-8-4-3-7-15(14)16/h2-9,14H,10-12H2,1H3,(H,20,22)(H,21,23). The molecular weight excluding hydrogens is 304 g/mol. The van der Waals surface area contributed by atoms with Gasteiger partial charge in [0.2, 0.25) is 5.91 Å². The molecule has 1 unspecified atom stereocenters. The summed E-state index contributed by atoms with van der Waals surface area (Å²) in [7, 11) is 1.60. The summed E-state index contributed by atoms with van der Waals surface area (Å²) in [6, 6.07) is 15.0. The number of methoxy groups -OCH3 is 1. The number of ether oxygens (including phenoxy) is 1. The molecule has 0 spiro atoms. The molecule has 0 radical (unpaired) electrons. The normalized spacial score (nSPS) is 16.0. The van der Waals surface area contributed by atoms with Gasteiger partial charge in [-0.1, -0.05) is 36.4 Å². The molecule has 24 heavy (non-hydrogen) atoms. The molecule has 0 aliphatic carbocycles. The summed E-state index contributed by atoms with van der Waals surface area (Å²) in [6.45, 7) is 1.02. The van der Waals surface area contributed by atoms with Gasteiger partial charge in [-0.3, -0.25) is 9.59 Å². The highest BCUT2D eigenvalue weighted by atomic mass is 16.5. The maximum Gasteiger partial charge on any atom is 0.251 e. The molecule has 0 fully saturated rings. The fourth-order valence-electron chi connectivity index (χ4n) is 2.98. The number of benzene rings is 2. The lowest BCUT2D eigenvalue weighted by molar-refractivity contribution is -0.120. The number of amides is 2. The van der Waals surface area contributed by atoms with Gasteiger partial charge < -0.3 is 15.4 Å². The van der Waals surface area contributed by atoms with Gasteiger partial charge >= 0.3 is 0 Å². The number of fused-ring (bicyclic) bond motifs is 1. The number of rotatable bonds is 5. The van der Waals surface area contributed by atoms with Crippen LogP contribution in [0.25, 0.3) is 0 Å². The van der Waals surface area contributed by atoms with Crippen molar-refractivity contribution in [2.45, 2.75) is 12.3 Å². The lowest BCUT2D eigenvalue weighted by Crippen LogP contribution is -2.40. The largest absolute Gasteiger partial charge is 0.496 e. The maximum absolute atomic E-state index is 12.2. The van der Waals surface area contributed by atoms with E-state index in [1.165, 1.54) is 0 Å². The molecule has 5 heteroatoms. The van der Waals surface area contributed by atoms with Crippen molar-refractivity contribution in [2.75, 3.05) is 20.2 Å². The molecule has 2 aromatic carbocycles. The van der Waals surface area contributed by atoms with Crippen molar-refractivity contribution < 1.29 is 14.3 Å². The summed E-state index contributed by atoms with van der Waals surface area (Å²) in [5.74, 6) is 0.680. The van der Waals surface area contributed by atoms with Crippen molar-refractivity contribution in [3.63, 3.8) is 0 Å². The van der Waals surface area contributed by atoms with Crippen LogP contribution in [0.4, 0.5) is 0 Å². The van der Waals surface area contributed by atoms with Crippen LogP contribution in [0.2, 0.25) is 0 Å². The lowest BCUT2D eigenvalue weighted by atomic mass is 9.90. The monoisotopic (exact) mass is 324 g/mol. The Morgan fingerprint density at radius 1 is 1.21 bits per heavy atom. The smallest absolute Gasteiger partial charge is 0.251 e. The topological polar surface area (TPSA) is 67.4 Å². The fourth-order valence-corrected chi connectivity index (χ4v) is 2.98. The fraction of sp³-hybridized carbons (Fsp3) is 0.263. The van der Waals surface area contributed by atoms with E-state index in [4.69, 9.17) is 4.74 Å². The number of nitrogens with one attached hydrogen (secondary N) is 2. The molecule has 124 valence electrons. The van der Waals surface area contributed by atoms with Gasteiger partial charge in [-0.05, 0) is 17.7 Å². The van der Waals surface area contributed by atoms with E-state index in [0.717, 1.165) is 11.1 Å². The van der Waals surface area contributed by atoms with Crippen LogP contribution in [0.15, 0.2) is 48.5 Å². The van der Waals surface area contributed by atoms with E-state index in [1.807, 2.05) is 48.5 Å². The minimum absolute atomic E-state index is 0.0535. The van der Waals surface area contributed by atoms with Gasteiger partial charge in [0.1, 0.15) is 5.75 Å². The van der Waals surface area contributed by atoms with Crippen molar-refractivity contribution >= 4 is 11.8 Å². The third-order valence-electron chi connectivity index (χ3n) is 4.24. The van der Waals surface area contributed by atoms with Gasteiger partial charge in [0.15, 0.2) is 0 Å². The second-order valence-corrected chi connectivity index (χ2v) is 5.79. The first kappa shape index (κ1) is 16.1. The zero-order valence-electron chi connectivity index (χ0n) is 13.5. The maximum atomic E-state index is 12.2. The van der Waals surface area contributed by atoms with Crippen LogP contribution in [-0.2, 0) is 11.2 Å². The second kappa shape index (κ2) is 7.17. The molecule has 0 saturated carbocycles. The molecule has 0 aromatic heterocycles. The summed E-state index contributed by atoms with van der Waals surface area (Å²) in [5.41, 5.74) is 2.53. The third kappa shape index (κ3) is 3.40. The van der Waals surface area contributed by atoms with Crippen LogP contribution in [0.1, 0.15) is 27.4 Å². The molecule has 0 bridgehead atoms. The number of para-hydroxylation sites is 1. The minimum Gasteiger partial charge on any atom is -0.496 e. The summed E-state index contributed by atoms with van der Waals surface area (Å²) in [5, 5.41) is 5.83. The Labute approximate surface area is 141 Å². The van der Waals surface area contributed by atoms with Gasteiger partial charge in [-0.2, -0.15) is 0 Å². The van der Waals surface area contributed by atoms with E-state index in [0.29, 0.717) is 24.4 Å². The van der Waals surface area contributed by atoms with Crippen LogP contribution >= 0.6 is 0 Å². The van der Waals surface area contributed by atoms with Crippen molar-refractivity contribution in [1.29, 1.82) is 0 Å². The Morgan fingerprint density at radius 2 is 1.96 bits per heavy atom. The Morgan fingerprint density at radius 3 is 2.79 bits per heavy atom. The average Bonchev–Trinajstić information content (AvgIpc) is 2.62. The van der Waals surface area contributed by atoms with Gasteiger partial charge in [-0.15, -0.1) is 0 Å². The molecule has 1 heterocycles. The van der Waals surface area contributed by atoms with E-state index in [9.17, 15) is 9.59 Å². The first-order chi connectivity index (χ1) is 11.7. The minimum atomic E-state index is -0.0612. The van der Waals surface area contributed by atoms with E-state index >= 15 is 0 Å². The Kier molecular flexibility index (Phi) is 4.79. The van der Waals surface area contributed by atoms with E-state index in [1.54, 1.807) is 7.11 Å². The molecule has 2 amide bonds. The predicted molar refractivity (Wildman–Crippen MR) is 91.2 cm³/mol. The molecule has 0 saturated heterocycles. The molecule has 1 aliphatic rings. The first-order valence-corrected chi connectivity index (χ1v) is 7.94. The van der Waals surface area contributed by atoms with Crippen molar-refractivity contribution in [3.8, 4) is 5.75 Å². The number of hydrogen-bond donors (Lipinski definition) is 2. The van der Waals surface area contributed by atoms with E-state index < -0.39 is 0 Å². The summed E-state index contributed by atoms with van der Waals surface area (Å²) in [6.07, 6.45) is 0.269. The van der Waals surface area contributed by atoms with Gasteiger partial charge in [0, 0.05) is 30.1 Å². The highest BCUT2D eigenvalue weighted by Gasteiger charge is 2.25. The molecule has 3 rings (SSSR count). The summed E-state index contributed by atoms with van der Waals surface area (Å²) < 4.78 is 5.27. The van der Waals surface area contributed by atoms with Crippen LogP contribution in [0, 0.1) is 0 Å². The van der Waals surface area contributed by atoms with Crippen LogP contribution in [0.3, 0.4) is 0 Å². The lowest BCUT2D eigenvalue weighted by Gasteiger charge is -2.26. The number of carbonyl (C=O) groups excluding carboxylic acids is 2. The van der Waals surface area contributed by atoms with Gasteiger partial charge in [0.25, 0.3) is 5.91 Å². The van der Waals surface area contributed by atoms with E-state index in [-0.39, 0.29) is 24.2 Å². The second-order valence-electron chi connectivity index (χ2n) is 5.79. The molecule has 2 N–H and O–H groups in total. The van der Waals surface area contributed by atoms with Gasteiger partial charge in [0.05, 0.1) is 13.5 Å². The zero-order valence-corrected chi connectivity index (χ0v) is 13.5. The SMILES string of the molecule is COc1ccccc1CC(=O)NCC1CNC(=O)c2ccccc21. The number of carbonyl (C=O) groups is 2. The highest BCUT2D eigenvalue weighted by molar-refractivity contribution is 5.97. The molecule has 2 aromatic rings. The Balaban J connectivity index is 1.63. The Hall–Kier alpha value is -2.82. The van der Waals surface area contributed by atoms with E-state index in [2.05, 4.69) is 10.6 Å². The highest BCUT2D eigenvalue weighted by Crippen LogP contribution is 2.23. The summed E-state index contributed by atoms with van der Waals surface area (Å²) >= 11 is 0. The molecule has 1 atom stereocenters. The number of hydrogen-bond acceptors (Lipinski definition) is 3. The molecule has 1 aliphatic heterocycles. The van der Waals surface area contributed by atoms with Crippen molar-refractivity contribution in [1.82, 2.24) is 10.6 Å². The van der Waals surface area contributed by atoms with Crippen LogP contribution in [-0.4, -0.2) is 32.0 Å². The zero-order chi connectivity index (χ0) is 16.9. The average molecular weight is 324 g/mol. The quantitative estimate of drug-likeness (QED) is 0.882. The molecule has 5 nitrogen and oxygen atoms in total. The van der Waals surface area contributed by atoms with Crippen molar-refractivity contribution in [2.24, 2.45) is 0 Å². The Bertz CT molecular complexity index is 758. The van der Waals surface area contributed by atoms with Gasteiger partial charge in [-0.25, -0.2) is 0 Å². The van der Waals surface area contributed by atoms with Crippen LogP contribution in [0.5, 0.6) is 5.75 Å². The predicted octanol–water partition coefficient (Wildman–Crippen LogP) is 1.88. The summed E-state index contributed by atoms with van der Waals surface area (Å²) in [4.78, 5) is 24.1. The first-order valence-electron chi connectivity index (χ1n) is 7.94.